The van der Waals surface area contributed by atoms with Crippen LogP contribution in [0.15, 0.2) is 23.8 Å². The van der Waals surface area contributed by atoms with Crippen molar-refractivity contribution in [3.8, 4) is 0 Å². The molecule has 0 aliphatic heterocycles. The average Bonchev–Trinajstić information content (AvgIpc) is 1.96. The highest BCUT2D eigenvalue weighted by Gasteiger charge is 2.43. The number of allylic oxidation sites excluding steroid dienone is 3. The second kappa shape index (κ2) is 4.20. The Balaban J connectivity index is 3.13. The SMILES string of the molecule is C=C(CC=O)C1C(C)(C)C=C(C)CC1(C)C. The third-order valence-corrected chi connectivity index (χ3v) is 3.63. The zero-order valence-corrected chi connectivity index (χ0v) is 11.3. The van der Waals surface area contributed by atoms with Crippen LogP contribution in [-0.2, 0) is 4.79 Å². The van der Waals surface area contributed by atoms with Gasteiger partial charge in [-0.2, -0.15) is 0 Å². The average molecular weight is 220 g/mol. The molecule has 16 heavy (non-hydrogen) atoms. The molecule has 0 amide bonds. The van der Waals surface area contributed by atoms with Crippen LogP contribution in [0.2, 0.25) is 0 Å². The van der Waals surface area contributed by atoms with Crippen LogP contribution < -0.4 is 0 Å². The second-order valence-electron chi connectivity index (χ2n) is 6.44. The molecule has 0 radical (unpaired) electrons. The molecular formula is C15H24O. The van der Waals surface area contributed by atoms with E-state index in [4.69, 9.17) is 0 Å². The Bertz CT molecular complexity index is 331. The smallest absolute Gasteiger partial charge is 0.124 e. The maximum absolute atomic E-state index is 10.7. The molecule has 1 unspecified atom stereocenters. The summed E-state index contributed by atoms with van der Waals surface area (Å²) < 4.78 is 0. The minimum absolute atomic E-state index is 0.103. The topological polar surface area (TPSA) is 17.1 Å². The lowest BCUT2D eigenvalue weighted by Crippen LogP contribution is -2.40. The van der Waals surface area contributed by atoms with E-state index < -0.39 is 0 Å². The minimum Gasteiger partial charge on any atom is -0.303 e. The zero-order chi connectivity index (χ0) is 12.6. The van der Waals surface area contributed by atoms with Gasteiger partial charge in [0.05, 0.1) is 0 Å². The predicted molar refractivity (Wildman–Crippen MR) is 69.2 cm³/mol. The van der Waals surface area contributed by atoms with E-state index in [2.05, 4.69) is 47.3 Å². The molecule has 0 heterocycles. The molecule has 1 aliphatic carbocycles. The van der Waals surface area contributed by atoms with Crippen LogP contribution in [0.1, 0.15) is 47.5 Å². The van der Waals surface area contributed by atoms with E-state index in [9.17, 15) is 4.79 Å². The van der Waals surface area contributed by atoms with E-state index in [-0.39, 0.29) is 10.8 Å². The summed E-state index contributed by atoms with van der Waals surface area (Å²) in [5, 5.41) is 0. The Labute approximate surface area is 99.6 Å². The monoisotopic (exact) mass is 220 g/mol. The fourth-order valence-corrected chi connectivity index (χ4v) is 3.90. The molecule has 1 atom stereocenters. The summed E-state index contributed by atoms with van der Waals surface area (Å²) in [6.07, 6.45) is 4.90. The molecule has 90 valence electrons. The Kier molecular flexibility index (Phi) is 3.47. The molecule has 1 rings (SSSR count). The molecule has 0 saturated carbocycles. The first-order valence-electron chi connectivity index (χ1n) is 6.00. The molecule has 0 fully saturated rings. The van der Waals surface area contributed by atoms with Crippen LogP contribution in [0.4, 0.5) is 0 Å². The van der Waals surface area contributed by atoms with Crippen molar-refractivity contribution in [2.75, 3.05) is 0 Å². The van der Waals surface area contributed by atoms with E-state index >= 15 is 0 Å². The maximum atomic E-state index is 10.7. The van der Waals surface area contributed by atoms with Crippen LogP contribution in [0.5, 0.6) is 0 Å². The highest BCUT2D eigenvalue weighted by molar-refractivity contribution is 5.54. The Hall–Kier alpha value is -0.850. The molecule has 0 aromatic carbocycles. The van der Waals surface area contributed by atoms with E-state index in [0.29, 0.717) is 12.3 Å². The lowest BCUT2D eigenvalue weighted by atomic mass is 9.56. The molecule has 1 nitrogen and oxygen atoms in total. The van der Waals surface area contributed by atoms with Crippen molar-refractivity contribution in [2.45, 2.75) is 47.5 Å². The predicted octanol–water partition coefficient (Wildman–Crippen LogP) is 4.15. The molecular weight excluding hydrogens is 196 g/mol. The highest BCUT2D eigenvalue weighted by atomic mass is 16.1. The van der Waals surface area contributed by atoms with Gasteiger partial charge in [0.1, 0.15) is 6.29 Å². The highest BCUT2D eigenvalue weighted by Crippen LogP contribution is 2.52. The summed E-state index contributed by atoms with van der Waals surface area (Å²) in [7, 11) is 0. The Morgan fingerprint density at radius 1 is 1.50 bits per heavy atom. The molecule has 1 aliphatic rings. The van der Waals surface area contributed by atoms with Crippen molar-refractivity contribution < 1.29 is 4.79 Å². The molecule has 0 spiro atoms. The van der Waals surface area contributed by atoms with Gasteiger partial charge < -0.3 is 4.79 Å². The summed E-state index contributed by atoms with van der Waals surface area (Å²) in [5.74, 6) is 0.383. The Morgan fingerprint density at radius 2 is 2.06 bits per heavy atom. The van der Waals surface area contributed by atoms with Crippen molar-refractivity contribution in [1.29, 1.82) is 0 Å². The lowest BCUT2D eigenvalue weighted by molar-refractivity contribution is -0.107. The first kappa shape index (κ1) is 13.2. The number of hydrogen-bond acceptors (Lipinski definition) is 1. The third-order valence-electron chi connectivity index (χ3n) is 3.63. The van der Waals surface area contributed by atoms with Crippen molar-refractivity contribution in [2.24, 2.45) is 16.7 Å². The van der Waals surface area contributed by atoms with E-state index in [1.54, 1.807) is 0 Å². The van der Waals surface area contributed by atoms with Crippen LogP contribution in [-0.4, -0.2) is 6.29 Å². The lowest BCUT2D eigenvalue weighted by Gasteiger charge is -2.48. The summed E-state index contributed by atoms with van der Waals surface area (Å²) in [5.41, 5.74) is 2.83. The van der Waals surface area contributed by atoms with E-state index in [0.717, 1.165) is 18.3 Å². The van der Waals surface area contributed by atoms with Gasteiger partial charge in [0, 0.05) is 6.42 Å². The van der Waals surface area contributed by atoms with Crippen molar-refractivity contribution in [3.63, 3.8) is 0 Å². The summed E-state index contributed by atoms with van der Waals surface area (Å²) in [6, 6.07) is 0. The van der Waals surface area contributed by atoms with Gasteiger partial charge in [0.2, 0.25) is 0 Å². The number of carbonyl (C=O) groups excluding carboxylic acids is 1. The third kappa shape index (κ3) is 2.45. The quantitative estimate of drug-likeness (QED) is 0.516. The number of rotatable bonds is 3. The minimum atomic E-state index is 0.103. The Morgan fingerprint density at radius 3 is 2.50 bits per heavy atom. The summed E-state index contributed by atoms with van der Waals surface area (Å²) >= 11 is 0. The fourth-order valence-electron chi connectivity index (χ4n) is 3.90. The number of aldehydes is 1. The second-order valence-corrected chi connectivity index (χ2v) is 6.44. The molecule has 0 N–H and O–H groups in total. The van der Waals surface area contributed by atoms with Gasteiger partial charge in [-0.25, -0.2) is 0 Å². The molecule has 1 heteroatoms. The van der Waals surface area contributed by atoms with Gasteiger partial charge in [-0.15, -0.1) is 0 Å². The van der Waals surface area contributed by atoms with E-state index in [1.165, 1.54) is 5.57 Å². The molecule has 0 aromatic heterocycles. The first-order valence-corrected chi connectivity index (χ1v) is 6.00. The maximum Gasteiger partial charge on any atom is 0.124 e. The van der Waals surface area contributed by atoms with Gasteiger partial charge in [0.25, 0.3) is 0 Å². The van der Waals surface area contributed by atoms with E-state index in [1.807, 2.05) is 0 Å². The summed E-state index contributed by atoms with van der Waals surface area (Å²) in [6.45, 7) is 15.4. The van der Waals surface area contributed by atoms with Gasteiger partial charge in [-0.1, -0.05) is 51.5 Å². The summed E-state index contributed by atoms with van der Waals surface area (Å²) in [4.78, 5) is 10.7. The normalized spacial score (nSPS) is 27.1. The number of carbonyl (C=O) groups is 1. The van der Waals surface area contributed by atoms with Crippen molar-refractivity contribution in [1.82, 2.24) is 0 Å². The fraction of sp³-hybridized carbons (Fsp3) is 0.667. The largest absolute Gasteiger partial charge is 0.303 e. The molecule has 0 bridgehead atoms. The van der Waals surface area contributed by atoms with Crippen molar-refractivity contribution >= 4 is 6.29 Å². The van der Waals surface area contributed by atoms with Gasteiger partial charge in [0.15, 0.2) is 0 Å². The zero-order valence-electron chi connectivity index (χ0n) is 11.3. The van der Waals surface area contributed by atoms with Crippen LogP contribution in [0.3, 0.4) is 0 Å². The molecule has 0 saturated heterocycles. The first-order chi connectivity index (χ1) is 7.20. The van der Waals surface area contributed by atoms with Crippen LogP contribution in [0.25, 0.3) is 0 Å². The van der Waals surface area contributed by atoms with Crippen LogP contribution in [0, 0.1) is 16.7 Å². The van der Waals surface area contributed by atoms with Gasteiger partial charge in [-0.05, 0) is 30.1 Å². The van der Waals surface area contributed by atoms with Crippen LogP contribution >= 0.6 is 0 Å². The van der Waals surface area contributed by atoms with Gasteiger partial charge in [-0.3, -0.25) is 0 Å². The standard InChI is InChI=1S/C15H24O/c1-11-9-14(3,4)13(12(2)7-8-16)15(5,6)10-11/h8-9,13H,2,7,10H2,1,3-6H3. The van der Waals surface area contributed by atoms with Gasteiger partial charge >= 0.3 is 0 Å². The number of hydrogen-bond donors (Lipinski definition) is 0. The molecule has 0 aromatic rings. The van der Waals surface area contributed by atoms with Crippen molar-refractivity contribution in [3.05, 3.63) is 23.8 Å².